The van der Waals surface area contributed by atoms with E-state index in [-0.39, 0.29) is 0 Å². The van der Waals surface area contributed by atoms with Crippen molar-refractivity contribution in [2.45, 2.75) is 13.8 Å². The Hall–Kier alpha value is -0.770. The Balaban J connectivity index is 0.000000461. The first kappa shape index (κ1) is 10.2. The molecule has 0 saturated carbocycles. The summed E-state index contributed by atoms with van der Waals surface area (Å²) in [6.07, 6.45) is 0. The molecule has 1 rings (SSSR count). The molecule has 1 fully saturated rings. The largest absolute Gasteiger partial charge is 0.342 e. The van der Waals surface area contributed by atoms with Crippen LogP contribution in [0.4, 0.5) is 0 Å². The number of hydrogen-bond donors (Lipinski definition) is 1. The fraction of sp³-hybridized carbons (Fsp3) is 0.857. The molecule has 0 aromatic rings. The van der Waals surface area contributed by atoms with Gasteiger partial charge in [0.1, 0.15) is 0 Å². The molecule has 0 aliphatic carbocycles. The van der Waals surface area contributed by atoms with E-state index in [0.717, 1.165) is 11.6 Å². The Morgan fingerprint density at radius 2 is 1.91 bits per heavy atom. The number of rotatable bonds is 0. The number of aliphatic imine (C=N–C) groups is 1. The number of hydroxylamine groups is 2. The zero-order valence-corrected chi connectivity index (χ0v) is 7.70. The predicted octanol–water partition coefficient (Wildman–Crippen LogP) is 0.635. The summed E-state index contributed by atoms with van der Waals surface area (Å²) in [6, 6.07) is 0. The summed E-state index contributed by atoms with van der Waals surface area (Å²) in [7, 11) is 3.57. The third kappa shape index (κ3) is 2.38. The summed E-state index contributed by atoms with van der Waals surface area (Å²) in [5.74, 6) is 0.648. The molecule has 4 heteroatoms. The Bertz CT molecular complexity index is 124. The van der Waals surface area contributed by atoms with Gasteiger partial charge in [-0.25, -0.2) is 5.06 Å². The van der Waals surface area contributed by atoms with E-state index in [1.54, 1.807) is 7.05 Å². The van der Waals surface area contributed by atoms with E-state index in [0.29, 0.717) is 12.5 Å². The molecule has 0 spiro atoms. The highest BCUT2D eigenvalue weighted by Crippen LogP contribution is 2.01. The molecular formula is C7H17N3O. The van der Waals surface area contributed by atoms with Crippen molar-refractivity contribution in [3.8, 4) is 0 Å². The molecule has 0 aromatic heterocycles. The van der Waals surface area contributed by atoms with Crippen LogP contribution in [-0.4, -0.2) is 48.3 Å². The third-order valence-electron chi connectivity index (χ3n) is 1.42. The van der Waals surface area contributed by atoms with Crippen molar-refractivity contribution in [1.29, 1.82) is 0 Å². The first-order valence-electron chi connectivity index (χ1n) is 3.90. The first-order valence-corrected chi connectivity index (χ1v) is 3.90. The Morgan fingerprint density at radius 3 is 2.09 bits per heavy atom. The summed E-state index contributed by atoms with van der Waals surface area (Å²) < 4.78 is 0. The molecule has 0 amide bonds. The molecule has 0 atom stereocenters. The van der Waals surface area contributed by atoms with Gasteiger partial charge >= 0.3 is 0 Å². The lowest BCUT2D eigenvalue weighted by Crippen LogP contribution is -2.28. The van der Waals surface area contributed by atoms with Crippen molar-refractivity contribution in [3.63, 3.8) is 0 Å². The maximum absolute atomic E-state index is 9.02. The van der Waals surface area contributed by atoms with Crippen LogP contribution in [0.25, 0.3) is 0 Å². The average Bonchev–Trinajstić information content (AvgIpc) is 2.35. The lowest BCUT2D eigenvalue weighted by Gasteiger charge is -2.12. The Kier molecular flexibility index (Phi) is 4.61. The lowest BCUT2D eigenvalue weighted by molar-refractivity contribution is -0.00208. The monoisotopic (exact) mass is 159 g/mol. The van der Waals surface area contributed by atoms with Crippen LogP contribution in [0.1, 0.15) is 13.8 Å². The lowest BCUT2D eigenvalue weighted by atomic mass is 10.7. The molecule has 66 valence electrons. The van der Waals surface area contributed by atoms with E-state index in [4.69, 9.17) is 5.21 Å². The van der Waals surface area contributed by atoms with Crippen molar-refractivity contribution in [1.82, 2.24) is 9.96 Å². The van der Waals surface area contributed by atoms with Gasteiger partial charge in [0.05, 0.1) is 6.54 Å². The molecule has 1 aliphatic heterocycles. The van der Waals surface area contributed by atoms with Crippen molar-refractivity contribution in [2.24, 2.45) is 4.99 Å². The van der Waals surface area contributed by atoms with E-state index >= 15 is 0 Å². The molecule has 0 radical (unpaired) electrons. The van der Waals surface area contributed by atoms with Gasteiger partial charge in [0.2, 0.25) is 5.96 Å². The van der Waals surface area contributed by atoms with E-state index < -0.39 is 0 Å². The van der Waals surface area contributed by atoms with Gasteiger partial charge in [0, 0.05) is 20.6 Å². The minimum atomic E-state index is 0.648. The van der Waals surface area contributed by atoms with Crippen molar-refractivity contribution in [2.75, 3.05) is 27.2 Å². The smallest absolute Gasteiger partial charge is 0.220 e. The van der Waals surface area contributed by atoms with Gasteiger partial charge in [0.25, 0.3) is 0 Å². The van der Waals surface area contributed by atoms with Crippen LogP contribution < -0.4 is 0 Å². The van der Waals surface area contributed by atoms with Crippen LogP contribution in [0, 0.1) is 0 Å². The van der Waals surface area contributed by atoms with Gasteiger partial charge in [-0.15, -0.1) is 0 Å². The van der Waals surface area contributed by atoms with E-state index in [2.05, 4.69) is 4.99 Å². The molecule has 11 heavy (non-hydrogen) atoms. The molecule has 1 N–H and O–H groups in total. The topological polar surface area (TPSA) is 39.1 Å². The molecule has 1 aliphatic rings. The van der Waals surface area contributed by atoms with Crippen molar-refractivity contribution in [3.05, 3.63) is 0 Å². The van der Waals surface area contributed by atoms with Crippen LogP contribution in [0.3, 0.4) is 0 Å². The van der Waals surface area contributed by atoms with Crippen molar-refractivity contribution >= 4 is 5.96 Å². The first-order chi connectivity index (χ1) is 5.25. The number of likely N-dealkylation sites (N-methyl/N-ethyl adjacent to an activating group) is 1. The fourth-order valence-electron chi connectivity index (χ4n) is 0.928. The number of nitrogens with zero attached hydrogens (tertiary/aromatic N) is 3. The standard InChI is InChI=1S/C5H11N3O.C2H6/c1-6-5-7(2)3-4-8(5)9;1-2/h9H,3-4H2,1-2H3;1-2H3. The molecule has 0 unspecified atom stereocenters. The molecule has 0 bridgehead atoms. The second kappa shape index (κ2) is 4.96. The van der Waals surface area contributed by atoms with Crippen molar-refractivity contribution < 1.29 is 5.21 Å². The summed E-state index contributed by atoms with van der Waals surface area (Å²) in [4.78, 5) is 5.77. The maximum Gasteiger partial charge on any atom is 0.220 e. The molecule has 0 aromatic carbocycles. The molecular weight excluding hydrogens is 142 g/mol. The van der Waals surface area contributed by atoms with Crippen LogP contribution >= 0.6 is 0 Å². The number of guanidine groups is 1. The summed E-state index contributed by atoms with van der Waals surface area (Å²) in [5.41, 5.74) is 0. The average molecular weight is 159 g/mol. The second-order valence-electron chi connectivity index (χ2n) is 2.07. The summed E-state index contributed by atoms with van der Waals surface area (Å²) >= 11 is 0. The van der Waals surface area contributed by atoms with E-state index in [1.807, 2.05) is 25.8 Å². The highest BCUT2D eigenvalue weighted by molar-refractivity contribution is 5.80. The summed E-state index contributed by atoms with van der Waals surface area (Å²) in [6.45, 7) is 5.51. The van der Waals surface area contributed by atoms with Crippen LogP contribution in [0.5, 0.6) is 0 Å². The Labute approximate surface area is 68.1 Å². The normalized spacial score (nSPS) is 20.3. The van der Waals surface area contributed by atoms with Crippen LogP contribution in [0.2, 0.25) is 0 Å². The molecule has 4 nitrogen and oxygen atoms in total. The minimum absolute atomic E-state index is 0.648. The van der Waals surface area contributed by atoms with Crippen LogP contribution in [0.15, 0.2) is 4.99 Å². The predicted molar refractivity (Wildman–Crippen MR) is 45.8 cm³/mol. The van der Waals surface area contributed by atoms with E-state index in [9.17, 15) is 0 Å². The minimum Gasteiger partial charge on any atom is -0.342 e. The zero-order chi connectivity index (χ0) is 8.85. The fourth-order valence-corrected chi connectivity index (χ4v) is 0.928. The van der Waals surface area contributed by atoms with Gasteiger partial charge in [0.15, 0.2) is 0 Å². The number of hydrogen-bond acceptors (Lipinski definition) is 2. The quantitative estimate of drug-likeness (QED) is 0.563. The van der Waals surface area contributed by atoms with Crippen LogP contribution in [-0.2, 0) is 0 Å². The van der Waals surface area contributed by atoms with E-state index in [1.165, 1.54) is 0 Å². The molecule has 1 saturated heterocycles. The van der Waals surface area contributed by atoms with Gasteiger partial charge in [-0.3, -0.25) is 10.2 Å². The summed E-state index contributed by atoms with van der Waals surface area (Å²) in [5, 5.41) is 10.2. The molecule has 1 heterocycles. The second-order valence-corrected chi connectivity index (χ2v) is 2.07. The maximum atomic E-state index is 9.02. The third-order valence-corrected chi connectivity index (χ3v) is 1.42. The van der Waals surface area contributed by atoms with Gasteiger partial charge in [-0.05, 0) is 0 Å². The van der Waals surface area contributed by atoms with Gasteiger partial charge in [-0.1, -0.05) is 13.8 Å². The van der Waals surface area contributed by atoms with Gasteiger partial charge in [-0.2, -0.15) is 0 Å². The highest BCUT2D eigenvalue weighted by atomic mass is 16.5. The highest BCUT2D eigenvalue weighted by Gasteiger charge is 2.20. The van der Waals surface area contributed by atoms with Gasteiger partial charge < -0.3 is 4.90 Å². The SMILES string of the molecule is CC.CN=C1N(C)CCN1O. The Morgan fingerprint density at radius 1 is 1.36 bits per heavy atom. The zero-order valence-electron chi connectivity index (χ0n) is 7.70.